The quantitative estimate of drug-likeness (QED) is 0.713. The van der Waals surface area contributed by atoms with E-state index in [2.05, 4.69) is 4.98 Å². The fourth-order valence-electron chi connectivity index (χ4n) is 0.881. The first-order valence-electron chi connectivity index (χ1n) is 3.71. The SMILES string of the molecule is Cc1ccc(C(O)CC#N)cn1. The van der Waals surface area contributed by atoms with Gasteiger partial charge in [-0.05, 0) is 18.6 Å². The number of nitrogens with zero attached hydrogens (tertiary/aromatic N) is 2. The molecule has 1 aromatic heterocycles. The molecule has 0 aromatic carbocycles. The Morgan fingerprint density at radius 1 is 1.67 bits per heavy atom. The van der Waals surface area contributed by atoms with Crippen LogP contribution in [0.5, 0.6) is 0 Å². The van der Waals surface area contributed by atoms with Crippen molar-refractivity contribution in [2.75, 3.05) is 0 Å². The fraction of sp³-hybridized carbons (Fsp3) is 0.333. The first-order valence-corrected chi connectivity index (χ1v) is 3.71. The van der Waals surface area contributed by atoms with Gasteiger partial charge in [-0.2, -0.15) is 5.26 Å². The van der Waals surface area contributed by atoms with Crippen LogP contribution in [-0.2, 0) is 0 Å². The van der Waals surface area contributed by atoms with E-state index in [9.17, 15) is 5.11 Å². The van der Waals surface area contributed by atoms with E-state index in [1.54, 1.807) is 12.3 Å². The van der Waals surface area contributed by atoms with Gasteiger partial charge in [0.2, 0.25) is 0 Å². The third kappa shape index (κ3) is 2.04. The Morgan fingerprint density at radius 2 is 2.42 bits per heavy atom. The molecule has 0 fully saturated rings. The summed E-state index contributed by atoms with van der Waals surface area (Å²) in [5, 5.41) is 17.7. The maximum atomic E-state index is 9.35. The Balaban J connectivity index is 2.76. The molecule has 12 heavy (non-hydrogen) atoms. The smallest absolute Gasteiger partial charge is 0.0934 e. The van der Waals surface area contributed by atoms with E-state index in [0.717, 1.165) is 5.69 Å². The first-order chi connectivity index (χ1) is 5.74. The van der Waals surface area contributed by atoms with Crippen molar-refractivity contribution in [2.45, 2.75) is 19.4 Å². The van der Waals surface area contributed by atoms with Gasteiger partial charge in [-0.15, -0.1) is 0 Å². The molecule has 0 saturated carbocycles. The minimum Gasteiger partial charge on any atom is -0.387 e. The van der Waals surface area contributed by atoms with E-state index in [1.165, 1.54) is 0 Å². The molecule has 1 aromatic rings. The lowest BCUT2D eigenvalue weighted by Gasteiger charge is -2.05. The third-order valence-corrected chi connectivity index (χ3v) is 1.60. The van der Waals surface area contributed by atoms with Crippen molar-refractivity contribution < 1.29 is 5.11 Å². The van der Waals surface area contributed by atoms with Gasteiger partial charge < -0.3 is 5.11 Å². The Hall–Kier alpha value is -1.40. The van der Waals surface area contributed by atoms with E-state index < -0.39 is 6.10 Å². The zero-order chi connectivity index (χ0) is 8.97. The summed E-state index contributed by atoms with van der Waals surface area (Å²) in [6, 6.07) is 5.50. The molecule has 0 bridgehead atoms. The molecule has 0 saturated heterocycles. The minimum absolute atomic E-state index is 0.116. The second kappa shape index (κ2) is 3.84. The number of nitriles is 1. The Bertz CT molecular complexity index is 286. The van der Waals surface area contributed by atoms with Crippen LogP contribution in [0.25, 0.3) is 0 Å². The van der Waals surface area contributed by atoms with Crippen LogP contribution in [0.15, 0.2) is 18.3 Å². The zero-order valence-corrected chi connectivity index (χ0v) is 6.86. The summed E-state index contributed by atoms with van der Waals surface area (Å²) >= 11 is 0. The van der Waals surface area contributed by atoms with Crippen LogP contribution < -0.4 is 0 Å². The second-order valence-corrected chi connectivity index (χ2v) is 2.61. The number of hydrogen-bond acceptors (Lipinski definition) is 3. The number of pyridine rings is 1. The molecule has 0 amide bonds. The van der Waals surface area contributed by atoms with Crippen LogP contribution >= 0.6 is 0 Å². The number of hydrogen-bond donors (Lipinski definition) is 1. The molecule has 1 heterocycles. The van der Waals surface area contributed by atoms with Crippen molar-refractivity contribution >= 4 is 0 Å². The summed E-state index contributed by atoms with van der Waals surface area (Å²) in [6.45, 7) is 1.88. The standard InChI is InChI=1S/C9H10N2O/c1-7-2-3-8(6-11-7)9(12)4-5-10/h2-3,6,9,12H,4H2,1H3. The van der Waals surface area contributed by atoms with Crippen molar-refractivity contribution in [2.24, 2.45) is 0 Å². The van der Waals surface area contributed by atoms with Gasteiger partial charge in [0, 0.05) is 11.9 Å². The molecule has 1 atom stereocenters. The van der Waals surface area contributed by atoms with Crippen LogP contribution in [0.2, 0.25) is 0 Å². The van der Waals surface area contributed by atoms with E-state index in [-0.39, 0.29) is 6.42 Å². The lowest BCUT2D eigenvalue weighted by molar-refractivity contribution is 0.183. The first kappa shape index (κ1) is 8.69. The van der Waals surface area contributed by atoms with Crippen molar-refractivity contribution in [1.29, 1.82) is 5.26 Å². The normalized spacial score (nSPS) is 12.1. The van der Waals surface area contributed by atoms with Crippen LogP contribution in [0.1, 0.15) is 23.8 Å². The van der Waals surface area contributed by atoms with Gasteiger partial charge in [0.15, 0.2) is 0 Å². The molecule has 0 radical (unpaired) electrons. The van der Waals surface area contributed by atoms with Gasteiger partial charge in [0.25, 0.3) is 0 Å². The highest BCUT2D eigenvalue weighted by atomic mass is 16.3. The predicted octanol–water partition coefficient (Wildman–Crippen LogP) is 1.34. The number of rotatable bonds is 2. The van der Waals surface area contributed by atoms with Crippen LogP contribution in [-0.4, -0.2) is 10.1 Å². The zero-order valence-electron chi connectivity index (χ0n) is 6.86. The van der Waals surface area contributed by atoms with Gasteiger partial charge in [-0.25, -0.2) is 0 Å². The number of aliphatic hydroxyl groups excluding tert-OH is 1. The van der Waals surface area contributed by atoms with E-state index in [4.69, 9.17) is 5.26 Å². The molecular formula is C9H10N2O. The maximum Gasteiger partial charge on any atom is 0.0934 e. The molecule has 0 spiro atoms. The molecule has 0 aliphatic carbocycles. The molecule has 0 aliphatic heterocycles. The van der Waals surface area contributed by atoms with Gasteiger partial charge >= 0.3 is 0 Å². The summed E-state index contributed by atoms with van der Waals surface area (Å²) in [6.07, 6.45) is 1.00. The topological polar surface area (TPSA) is 56.9 Å². The summed E-state index contributed by atoms with van der Waals surface area (Å²) in [5.74, 6) is 0. The van der Waals surface area contributed by atoms with Gasteiger partial charge in [-0.1, -0.05) is 6.07 Å². The summed E-state index contributed by atoms with van der Waals surface area (Å²) < 4.78 is 0. The molecule has 1 unspecified atom stereocenters. The Labute approximate surface area is 71.3 Å². The molecule has 0 aliphatic rings. The summed E-state index contributed by atoms with van der Waals surface area (Å²) in [4.78, 5) is 4.01. The van der Waals surface area contributed by atoms with Crippen LogP contribution in [0, 0.1) is 18.3 Å². The second-order valence-electron chi connectivity index (χ2n) is 2.61. The molecule has 1 rings (SSSR count). The molecule has 3 heteroatoms. The highest BCUT2D eigenvalue weighted by molar-refractivity contribution is 5.16. The number of aliphatic hydroxyl groups is 1. The van der Waals surface area contributed by atoms with Crippen molar-refractivity contribution in [3.8, 4) is 6.07 Å². The lowest BCUT2D eigenvalue weighted by atomic mass is 10.1. The van der Waals surface area contributed by atoms with Gasteiger partial charge in [-0.3, -0.25) is 4.98 Å². The fourth-order valence-corrected chi connectivity index (χ4v) is 0.881. The average Bonchev–Trinajstić information content (AvgIpc) is 2.06. The minimum atomic E-state index is -0.705. The predicted molar refractivity (Wildman–Crippen MR) is 44.2 cm³/mol. The van der Waals surface area contributed by atoms with E-state index >= 15 is 0 Å². The average molecular weight is 162 g/mol. The van der Waals surface area contributed by atoms with Crippen molar-refractivity contribution in [3.05, 3.63) is 29.6 Å². The van der Waals surface area contributed by atoms with Gasteiger partial charge in [0.05, 0.1) is 18.6 Å². The van der Waals surface area contributed by atoms with Crippen LogP contribution in [0.3, 0.4) is 0 Å². The number of aryl methyl sites for hydroxylation is 1. The van der Waals surface area contributed by atoms with Crippen molar-refractivity contribution in [3.63, 3.8) is 0 Å². The van der Waals surface area contributed by atoms with Crippen LogP contribution in [0.4, 0.5) is 0 Å². The molecule has 62 valence electrons. The molecular weight excluding hydrogens is 152 g/mol. The Morgan fingerprint density at radius 3 is 2.92 bits per heavy atom. The van der Waals surface area contributed by atoms with Gasteiger partial charge in [0.1, 0.15) is 0 Å². The van der Waals surface area contributed by atoms with Crippen molar-refractivity contribution in [1.82, 2.24) is 4.98 Å². The molecule has 1 N–H and O–H groups in total. The number of aromatic nitrogens is 1. The van der Waals surface area contributed by atoms with E-state index in [0.29, 0.717) is 5.56 Å². The monoisotopic (exact) mass is 162 g/mol. The highest BCUT2D eigenvalue weighted by Crippen LogP contribution is 2.14. The summed E-state index contributed by atoms with van der Waals surface area (Å²) in [7, 11) is 0. The lowest BCUT2D eigenvalue weighted by Crippen LogP contribution is -1.96. The maximum absolute atomic E-state index is 9.35. The largest absolute Gasteiger partial charge is 0.387 e. The Kier molecular flexibility index (Phi) is 2.78. The molecule has 3 nitrogen and oxygen atoms in total. The summed E-state index contributed by atoms with van der Waals surface area (Å²) in [5.41, 5.74) is 1.60. The van der Waals surface area contributed by atoms with E-state index in [1.807, 2.05) is 19.1 Å². The highest BCUT2D eigenvalue weighted by Gasteiger charge is 2.05. The third-order valence-electron chi connectivity index (χ3n) is 1.60.